The summed E-state index contributed by atoms with van der Waals surface area (Å²) in [6.07, 6.45) is 7.31. The van der Waals surface area contributed by atoms with E-state index >= 15 is 0 Å². The van der Waals surface area contributed by atoms with E-state index in [-0.39, 0.29) is 18.2 Å². The summed E-state index contributed by atoms with van der Waals surface area (Å²) < 4.78 is 27.3. The minimum absolute atomic E-state index is 0.112. The van der Waals surface area contributed by atoms with Gasteiger partial charge in [-0.1, -0.05) is 23.7 Å². The molecule has 1 fully saturated rings. The van der Waals surface area contributed by atoms with E-state index < -0.39 is 11.6 Å². The number of halogens is 3. The van der Waals surface area contributed by atoms with Crippen molar-refractivity contribution in [3.05, 3.63) is 71.0 Å². The van der Waals surface area contributed by atoms with Gasteiger partial charge in [-0.15, -0.1) is 0 Å². The number of anilines is 2. The standard InChI is InChI=1S/C23H24ClF2N5/c24-19-13-30-22(31-17-6-4-16(27)5-7-17)11-18(19)14-8-9-28-21(10-14)29-12-15-2-1-3-20(25)23(15)26/h1-3,8-11,13,16-17H,4-7,12,27H2,(H,28,29)(H,30,31). The van der Waals surface area contributed by atoms with Crippen LogP contribution in [-0.4, -0.2) is 22.1 Å². The molecule has 0 saturated heterocycles. The predicted molar refractivity (Wildman–Crippen MR) is 120 cm³/mol. The molecular weight excluding hydrogens is 420 g/mol. The topological polar surface area (TPSA) is 75.9 Å². The predicted octanol–water partition coefficient (Wildman–Crippen LogP) is 5.37. The Labute approximate surface area is 185 Å². The molecule has 31 heavy (non-hydrogen) atoms. The van der Waals surface area contributed by atoms with Crippen LogP contribution in [0.2, 0.25) is 5.02 Å². The smallest absolute Gasteiger partial charge is 0.163 e. The number of nitrogens with zero attached hydrogens (tertiary/aromatic N) is 2. The van der Waals surface area contributed by atoms with Gasteiger partial charge in [-0.05, 0) is 55.5 Å². The summed E-state index contributed by atoms with van der Waals surface area (Å²) in [7, 11) is 0. The summed E-state index contributed by atoms with van der Waals surface area (Å²) in [5, 5.41) is 7.04. The first kappa shape index (κ1) is 21.5. The molecule has 162 valence electrons. The molecule has 0 amide bonds. The van der Waals surface area contributed by atoms with Crippen LogP contribution in [0, 0.1) is 11.6 Å². The van der Waals surface area contributed by atoms with Crippen LogP contribution in [-0.2, 0) is 6.54 Å². The fraction of sp³-hybridized carbons (Fsp3) is 0.304. The molecule has 0 aliphatic heterocycles. The van der Waals surface area contributed by atoms with Crippen molar-refractivity contribution >= 4 is 23.2 Å². The minimum Gasteiger partial charge on any atom is -0.367 e. The van der Waals surface area contributed by atoms with E-state index in [0.717, 1.165) is 48.7 Å². The van der Waals surface area contributed by atoms with Crippen molar-refractivity contribution in [3.63, 3.8) is 0 Å². The van der Waals surface area contributed by atoms with Crippen LogP contribution in [0.15, 0.2) is 48.8 Å². The van der Waals surface area contributed by atoms with Crippen LogP contribution in [0.1, 0.15) is 31.2 Å². The van der Waals surface area contributed by atoms with Gasteiger partial charge in [0.1, 0.15) is 11.6 Å². The fourth-order valence-corrected chi connectivity index (χ4v) is 3.99. The maximum absolute atomic E-state index is 13.9. The molecule has 0 unspecified atom stereocenters. The summed E-state index contributed by atoms with van der Waals surface area (Å²) in [5.41, 5.74) is 7.88. The van der Waals surface area contributed by atoms with Crippen molar-refractivity contribution in [1.29, 1.82) is 0 Å². The van der Waals surface area contributed by atoms with Crippen molar-refractivity contribution in [2.45, 2.75) is 44.3 Å². The van der Waals surface area contributed by atoms with E-state index in [0.29, 0.717) is 16.9 Å². The number of aromatic nitrogens is 2. The molecule has 2 aromatic heterocycles. The van der Waals surface area contributed by atoms with Gasteiger partial charge in [-0.25, -0.2) is 18.7 Å². The second-order valence-corrected chi connectivity index (χ2v) is 8.21. The third kappa shape index (κ3) is 5.29. The number of nitrogens with one attached hydrogen (secondary N) is 2. The Morgan fingerprint density at radius 2 is 1.84 bits per heavy atom. The van der Waals surface area contributed by atoms with Gasteiger partial charge in [-0.2, -0.15) is 0 Å². The first-order valence-corrected chi connectivity index (χ1v) is 10.7. The molecule has 5 nitrogen and oxygen atoms in total. The molecule has 4 rings (SSSR count). The lowest BCUT2D eigenvalue weighted by Gasteiger charge is -2.27. The van der Waals surface area contributed by atoms with Gasteiger partial charge in [0, 0.05) is 42.1 Å². The van der Waals surface area contributed by atoms with Crippen molar-refractivity contribution in [2.75, 3.05) is 10.6 Å². The Bertz CT molecular complexity index is 1050. The molecule has 0 atom stereocenters. The summed E-state index contributed by atoms with van der Waals surface area (Å²) in [6, 6.07) is 10.3. The summed E-state index contributed by atoms with van der Waals surface area (Å²) in [6.45, 7) is 0.112. The lowest BCUT2D eigenvalue weighted by molar-refractivity contribution is 0.410. The summed E-state index contributed by atoms with van der Waals surface area (Å²) in [5.74, 6) is -0.440. The second kappa shape index (κ2) is 9.58. The highest BCUT2D eigenvalue weighted by atomic mass is 35.5. The number of nitrogens with two attached hydrogens (primary N) is 1. The lowest BCUT2D eigenvalue weighted by Crippen LogP contribution is -2.33. The number of hydrogen-bond acceptors (Lipinski definition) is 5. The zero-order valence-corrected chi connectivity index (χ0v) is 17.7. The molecule has 0 bridgehead atoms. The summed E-state index contributed by atoms with van der Waals surface area (Å²) >= 11 is 6.42. The zero-order chi connectivity index (χ0) is 21.8. The highest BCUT2D eigenvalue weighted by Gasteiger charge is 2.19. The number of pyridine rings is 2. The van der Waals surface area contributed by atoms with Gasteiger partial charge >= 0.3 is 0 Å². The van der Waals surface area contributed by atoms with E-state index in [2.05, 4.69) is 20.6 Å². The monoisotopic (exact) mass is 443 g/mol. The van der Waals surface area contributed by atoms with Crippen LogP contribution in [0.5, 0.6) is 0 Å². The molecule has 3 aromatic rings. The van der Waals surface area contributed by atoms with Gasteiger partial charge < -0.3 is 16.4 Å². The van der Waals surface area contributed by atoms with Gasteiger partial charge in [-0.3, -0.25) is 0 Å². The zero-order valence-electron chi connectivity index (χ0n) is 16.9. The third-order valence-electron chi connectivity index (χ3n) is 5.54. The van der Waals surface area contributed by atoms with Crippen molar-refractivity contribution < 1.29 is 8.78 Å². The molecule has 8 heteroatoms. The van der Waals surface area contributed by atoms with Crippen LogP contribution >= 0.6 is 11.6 Å². The number of benzene rings is 1. The molecule has 1 saturated carbocycles. The molecule has 0 spiro atoms. The van der Waals surface area contributed by atoms with E-state index in [1.807, 2.05) is 18.2 Å². The molecule has 4 N–H and O–H groups in total. The quantitative estimate of drug-likeness (QED) is 0.477. The number of rotatable bonds is 6. The molecule has 1 aliphatic rings. The molecule has 1 aromatic carbocycles. The van der Waals surface area contributed by atoms with Crippen LogP contribution in [0.25, 0.3) is 11.1 Å². The Balaban J connectivity index is 1.49. The third-order valence-corrected chi connectivity index (χ3v) is 5.84. The highest BCUT2D eigenvalue weighted by Crippen LogP contribution is 2.31. The van der Waals surface area contributed by atoms with Gasteiger partial charge in [0.15, 0.2) is 11.6 Å². The van der Waals surface area contributed by atoms with Gasteiger partial charge in [0.2, 0.25) is 0 Å². The average molecular weight is 444 g/mol. The van der Waals surface area contributed by atoms with Crippen molar-refractivity contribution in [1.82, 2.24) is 9.97 Å². The first-order chi connectivity index (χ1) is 15.0. The second-order valence-electron chi connectivity index (χ2n) is 7.80. The van der Waals surface area contributed by atoms with E-state index in [1.54, 1.807) is 12.4 Å². The first-order valence-electron chi connectivity index (χ1n) is 10.3. The summed E-state index contributed by atoms with van der Waals surface area (Å²) in [4.78, 5) is 8.68. The van der Waals surface area contributed by atoms with Crippen LogP contribution in [0.4, 0.5) is 20.4 Å². The fourth-order valence-electron chi connectivity index (χ4n) is 3.78. The normalized spacial score (nSPS) is 18.6. The Kier molecular flexibility index (Phi) is 6.63. The van der Waals surface area contributed by atoms with E-state index in [1.165, 1.54) is 12.1 Å². The van der Waals surface area contributed by atoms with Crippen LogP contribution < -0.4 is 16.4 Å². The Morgan fingerprint density at radius 1 is 1.03 bits per heavy atom. The maximum Gasteiger partial charge on any atom is 0.163 e. The lowest BCUT2D eigenvalue weighted by atomic mass is 9.92. The highest BCUT2D eigenvalue weighted by molar-refractivity contribution is 6.33. The molecular formula is C23H24ClF2N5. The number of hydrogen-bond donors (Lipinski definition) is 3. The molecule has 2 heterocycles. The van der Waals surface area contributed by atoms with Gasteiger partial charge in [0.05, 0.1) is 5.02 Å². The van der Waals surface area contributed by atoms with E-state index in [4.69, 9.17) is 17.3 Å². The maximum atomic E-state index is 13.9. The average Bonchev–Trinajstić information content (AvgIpc) is 2.78. The van der Waals surface area contributed by atoms with Crippen molar-refractivity contribution in [2.24, 2.45) is 5.73 Å². The molecule has 0 radical (unpaired) electrons. The minimum atomic E-state index is -0.871. The van der Waals surface area contributed by atoms with E-state index in [9.17, 15) is 8.78 Å². The Hall–Kier alpha value is -2.77. The SMILES string of the molecule is NC1CCC(Nc2cc(-c3ccnc(NCc4cccc(F)c4F)c3)c(Cl)cn2)CC1. The Morgan fingerprint density at radius 3 is 2.65 bits per heavy atom. The molecule has 1 aliphatic carbocycles. The van der Waals surface area contributed by atoms with Crippen LogP contribution in [0.3, 0.4) is 0 Å². The van der Waals surface area contributed by atoms with Gasteiger partial charge in [0.25, 0.3) is 0 Å². The van der Waals surface area contributed by atoms with Crippen molar-refractivity contribution in [3.8, 4) is 11.1 Å². The largest absolute Gasteiger partial charge is 0.367 e.